The molecule has 2 aliphatic rings. The molecule has 1 aliphatic heterocycles. The molecule has 0 N–H and O–H groups in total. The Labute approximate surface area is 136 Å². The number of amides is 1. The molecule has 2 fully saturated rings. The topological polar surface area (TPSA) is 42.4 Å². The molecular weight excluding hydrogens is 300 g/mol. The van der Waals surface area contributed by atoms with Gasteiger partial charge in [-0.05, 0) is 25.7 Å². The standard InChI is InChI=1S/C17H23ClN2O2/c18-15-11-19-9-8-16(15)22-14-7-4-10-20(12-14)17(21)13-5-2-1-3-6-13/h8-9,11,13-14H,1-7,10,12H2. The number of carbonyl (C=O) groups excluding carboxylic acids is 1. The van der Waals surface area contributed by atoms with E-state index in [4.69, 9.17) is 16.3 Å². The molecule has 5 heteroatoms. The van der Waals surface area contributed by atoms with Crippen molar-refractivity contribution in [1.29, 1.82) is 0 Å². The van der Waals surface area contributed by atoms with Crippen LogP contribution in [0.15, 0.2) is 18.5 Å². The summed E-state index contributed by atoms with van der Waals surface area (Å²) in [5.74, 6) is 1.22. The van der Waals surface area contributed by atoms with E-state index in [0.29, 0.717) is 23.2 Å². The zero-order valence-electron chi connectivity index (χ0n) is 12.8. The van der Waals surface area contributed by atoms with Gasteiger partial charge in [-0.1, -0.05) is 30.9 Å². The molecule has 4 nitrogen and oxygen atoms in total. The first-order valence-corrected chi connectivity index (χ1v) is 8.67. The predicted molar refractivity (Wildman–Crippen MR) is 86.1 cm³/mol. The summed E-state index contributed by atoms with van der Waals surface area (Å²) in [5.41, 5.74) is 0. The van der Waals surface area contributed by atoms with Crippen molar-refractivity contribution in [3.8, 4) is 5.75 Å². The zero-order valence-corrected chi connectivity index (χ0v) is 13.6. The normalized spacial score (nSPS) is 23.3. The second-order valence-electron chi connectivity index (χ2n) is 6.31. The quantitative estimate of drug-likeness (QED) is 0.852. The van der Waals surface area contributed by atoms with Gasteiger partial charge in [-0.2, -0.15) is 0 Å². The summed E-state index contributed by atoms with van der Waals surface area (Å²) in [6.45, 7) is 1.53. The van der Waals surface area contributed by atoms with E-state index in [-0.39, 0.29) is 12.0 Å². The van der Waals surface area contributed by atoms with Crippen molar-refractivity contribution in [2.75, 3.05) is 13.1 Å². The molecular formula is C17H23ClN2O2. The third-order valence-corrected chi connectivity index (χ3v) is 4.96. The van der Waals surface area contributed by atoms with Gasteiger partial charge in [-0.25, -0.2) is 0 Å². The minimum absolute atomic E-state index is 0.0289. The number of aromatic nitrogens is 1. The number of hydrogen-bond donors (Lipinski definition) is 0. The lowest BCUT2D eigenvalue weighted by Gasteiger charge is -2.36. The minimum Gasteiger partial charge on any atom is -0.487 e. The summed E-state index contributed by atoms with van der Waals surface area (Å²) < 4.78 is 5.99. The van der Waals surface area contributed by atoms with Crippen LogP contribution in [0.3, 0.4) is 0 Å². The summed E-state index contributed by atoms with van der Waals surface area (Å²) in [6, 6.07) is 1.78. The molecule has 0 aromatic carbocycles. The monoisotopic (exact) mass is 322 g/mol. The van der Waals surface area contributed by atoms with Gasteiger partial charge < -0.3 is 9.64 Å². The van der Waals surface area contributed by atoms with Crippen LogP contribution in [-0.2, 0) is 4.79 Å². The van der Waals surface area contributed by atoms with Gasteiger partial charge in [-0.15, -0.1) is 0 Å². The van der Waals surface area contributed by atoms with E-state index >= 15 is 0 Å². The van der Waals surface area contributed by atoms with E-state index in [1.54, 1.807) is 18.5 Å². The SMILES string of the molecule is O=C(C1CCCCC1)N1CCCC(Oc2ccncc2Cl)C1. The van der Waals surface area contributed by atoms with Gasteiger partial charge >= 0.3 is 0 Å². The Morgan fingerprint density at radius 3 is 2.82 bits per heavy atom. The lowest BCUT2D eigenvalue weighted by molar-refractivity contribution is -0.139. The van der Waals surface area contributed by atoms with E-state index in [2.05, 4.69) is 4.98 Å². The van der Waals surface area contributed by atoms with Crippen LogP contribution in [0.1, 0.15) is 44.9 Å². The number of halogens is 1. The highest BCUT2D eigenvalue weighted by molar-refractivity contribution is 6.31. The summed E-state index contributed by atoms with van der Waals surface area (Å²) in [5, 5.41) is 0.526. The summed E-state index contributed by atoms with van der Waals surface area (Å²) in [6.07, 6.45) is 11.0. The third-order valence-electron chi connectivity index (χ3n) is 4.67. The van der Waals surface area contributed by atoms with Crippen molar-refractivity contribution in [3.63, 3.8) is 0 Å². The Morgan fingerprint density at radius 1 is 1.23 bits per heavy atom. The van der Waals surface area contributed by atoms with E-state index < -0.39 is 0 Å². The maximum absolute atomic E-state index is 12.7. The lowest BCUT2D eigenvalue weighted by atomic mass is 9.88. The summed E-state index contributed by atoms with van der Waals surface area (Å²) >= 11 is 6.10. The number of rotatable bonds is 3. The number of nitrogens with zero attached hydrogens (tertiary/aromatic N) is 2. The number of carbonyl (C=O) groups is 1. The lowest BCUT2D eigenvalue weighted by Crippen LogP contribution is -2.47. The van der Waals surface area contributed by atoms with Crippen molar-refractivity contribution >= 4 is 17.5 Å². The fraction of sp³-hybridized carbons (Fsp3) is 0.647. The molecule has 0 bridgehead atoms. The summed E-state index contributed by atoms with van der Waals surface area (Å²) in [7, 11) is 0. The molecule has 3 rings (SSSR count). The van der Waals surface area contributed by atoms with Crippen LogP contribution in [0, 0.1) is 5.92 Å². The molecule has 1 saturated carbocycles. The molecule has 1 saturated heterocycles. The number of hydrogen-bond acceptors (Lipinski definition) is 3. The van der Waals surface area contributed by atoms with Crippen LogP contribution in [0.25, 0.3) is 0 Å². The van der Waals surface area contributed by atoms with Crippen molar-refractivity contribution < 1.29 is 9.53 Å². The van der Waals surface area contributed by atoms with Gasteiger partial charge in [-0.3, -0.25) is 9.78 Å². The molecule has 1 atom stereocenters. The fourth-order valence-electron chi connectivity index (χ4n) is 3.48. The molecule has 120 valence electrons. The van der Waals surface area contributed by atoms with E-state index in [0.717, 1.165) is 32.2 Å². The second-order valence-corrected chi connectivity index (χ2v) is 6.71. The van der Waals surface area contributed by atoms with Gasteiger partial charge in [0.05, 0.1) is 6.54 Å². The van der Waals surface area contributed by atoms with E-state index in [9.17, 15) is 4.79 Å². The molecule has 22 heavy (non-hydrogen) atoms. The number of ether oxygens (including phenoxy) is 1. The molecule has 1 aromatic heterocycles. The zero-order chi connectivity index (χ0) is 15.4. The number of piperidine rings is 1. The van der Waals surface area contributed by atoms with Gasteiger partial charge in [0.15, 0.2) is 0 Å². The molecule has 0 spiro atoms. The summed E-state index contributed by atoms with van der Waals surface area (Å²) in [4.78, 5) is 18.6. The molecule has 0 radical (unpaired) electrons. The smallest absolute Gasteiger partial charge is 0.225 e. The largest absolute Gasteiger partial charge is 0.487 e. The van der Waals surface area contributed by atoms with Crippen molar-refractivity contribution in [2.45, 2.75) is 51.0 Å². The Hall–Kier alpha value is -1.29. The average molecular weight is 323 g/mol. The van der Waals surface area contributed by atoms with Crippen LogP contribution in [0.2, 0.25) is 5.02 Å². The van der Waals surface area contributed by atoms with Crippen LogP contribution in [-0.4, -0.2) is 35.0 Å². The molecule has 1 aliphatic carbocycles. The maximum atomic E-state index is 12.7. The van der Waals surface area contributed by atoms with Gasteiger partial charge in [0.2, 0.25) is 5.91 Å². The Kier molecular flexibility index (Phi) is 5.19. The number of pyridine rings is 1. The molecule has 1 amide bonds. The van der Waals surface area contributed by atoms with Gasteiger partial charge in [0.25, 0.3) is 0 Å². The highest BCUT2D eigenvalue weighted by Gasteiger charge is 2.30. The average Bonchev–Trinajstić information content (AvgIpc) is 2.57. The fourth-order valence-corrected chi connectivity index (χ4v) is 3.64. The first-order chi connectivity index (χ1) is 10.7. The first-order valence-electron chi connectivity index (χ1n) is 8.29. The van der Waals surface area contributed by atoms with Gasteiger partial charge in [0.1, 0.15) is 16.9 Å². The third kappa shape index (κ3) is 3.72. The van der Waals surface area contributed by atoms with E-state index in [1.807, 2.05) is 4.90 Å². The predicted octanol–water partition coefficient (Wildman–Crippen LogP) is 3.69. The minimum atomic E-state index is 0.0289. The molecule has 1 unspecified atom stereocenters. The Bertz CT molecular complexity index is 517. The Morgan fingerprint density at radius 2 is 2.05 bits per heavy atom. The highest BCUT2D eigenvalue weighted by Crippen LogP contribution is 2.28. The Balaban J connectivity index is 1.59. The molecule has 1 aromatic rings. The van der Waals surface area contributed by atoms with Crippen LogP contribution in [0.5, 0.6) is 5.75 Å². The van der Waals surface area contributed by atoms with Crippen LogP contribution in [0.4, 0.5) is 0 Å². The first kappa shape index (κ1) is 15.6. The number of likely N-dealkylation sites (tertiary alicyclic amines) is 1. The van der Waals surface area contributed by atoms with Gasteiger partial charge in [0, 0.05) is 30.9 Å². The van der Waals surface area contributed by atoms with Crippen molar-refractivity contribution in [2.24, 2.45) is 5.92 Å². The second kappa shape index (κ2) is 7.32. The highest BCUT2D eigenvalue weighted by atomic mass is 35.5. The van der Waals surface area contributed by atoms with Crippen LogP contribution >= 0.6 is 11.6 Å². The van der Waals surface area contributed by atoms with Crippen molar-refractivity contribution in [1.82, 2.24) is 9.88 Å². The van der Waals surface area contributed by atoms with E-state index in [1.165, 1.54) is 19.3 Å². The van der Waals surface area contributed by atoms with Crippen LogP contribution < -0.4 is 4.74 Å². The maximum Gasteiger partial charge on any atom is 0.225 e. The molecule has 2 heterocycles. The van der Waals surface area contributed by atoms with Crippen molar-refractivity contribution in [3.05, 3.63) is 23.5 Å².